The molecule has 0 atom stereocenters. The van der Waals surface area contributed by atoms with Crippen molar-refractivity contribution in [2.45, 2.75) is 18.4 Å². The van der Waals surface area contributed by atoms with Crippen LogP contribution in [0.2, 0.25) is 0 Å². The van der Waals surface area contributed by atoms with Crippen molar-refractivity contribution in [3.63, 3.8) is 0 Å². The maximum absolute atomic E-state index is 13.9. The molecule has 22 heavy (non-hydrogen) atoms. The topological polar surface area (TPSA) is 75.3 Å². The Morgan fingerprint density at radius 2 is 1.91 bits per heavy atom. The monoisotopic (exact) mass is 346 g/mol. The highest BCUT2D eigenvalue weighted by Crippen LogP contribution is 2.23. The molecule has 2 rings (SSSR count). The molecule has 0 unspecified atom stereocenters. The number of halogens is 2. The second kappa shape index (κ2) is 6.51. The van der Waals surface area contributed by atoms with E-state index >= 15 is 0 Å². The van der Waals surface area contributed by atoms with E-state index in [1.54, 1.807) is 17.5 Å². The Kier molecular flexibility index (Phi) is 4.89. The van der Waals surface area contributed by atoms with Gasteiger partial charge in [0.25, 0.3) is 0 Å². The second-order valence-corrected chi connectivity index (χ2v) is 7.09. The van der Waals surface area contributed by atoms with Gasteiger partial charge in [0.15, 0.2) is 4.90 Å². The van der Waals surface area contributed by atoms with Crippen LogP contribution < -0.4 is 10.0 Å². The Morgan fingerprint density at radius 1 is 1.27 bits per heavy atom. The minimum atomic E-state index is -4.35. The van der Waals surface area contributed by atoms with Gasteiger partial charge in [0.05, 0.1) is 0 Å². The van der Waals surface area contributed by atoms with Crippen molar-refractivity contribution in [3.8, 4) is 0 Å². The predicted molar refractivity (Wildman–Crippen MR) is 79.0 cm³/mol. The zero-order valence-electron chi connectivity index (χ0n) is 11.4. The number of rotatable bonds is 5. The molecule has 2 aromatic rings. The summed E-state index contributed by atoms with van der Waals surface area (Å²) in [5.74, 6) is -3.07. The van der Waals surface area contributed by atoms with Crippen molar-refractivity contribution in [1.82, 2.24) is 4.72 Å². The molecule has 9 heteroatoms. The van der Waals surface area contributed by atoms with Crippen LogP contribution in [0.4, 0.5) is 14.5 Å². The standard InChI is InChI=1S/C13H12F2N2O3S2/c1-8(18)17-9-5-11(14)13(12(15)6-9)22(19,20)16-7-10-3-2-4-21-10/h2-6,16H,7H2,1H3,(H,17,18). The Balaban J connectivity index is 2.28. The quantitative estimate of drug-likeness (QED) is 0.873. The second-order valence-electron chi connectivity index (χ2n) is 4.35. The van der Waals surface area contributed by atoms with E-state index < -0.39 is 32.5 Å². The third-order valence-electron chi connectivity index (χ3n) is 2.60. The van der Waals surface area contributed by atoms with Crippen LogP contribution >= 0.6 is 11.3 Å². The first-order valence-electron chi connectivity index (χ1n) is 6.08. The van der Waals surface area contributed by atoms with Crippen LogP contribution in [0.15, 0.2) is 34.5 Å². The van der Waals surface area contributed by atoms with Gasteiger partial charge >= 0.3 is 0 Å². The molecule has 0 saturated carbocycles. The third-order valence-corrected chi connectivity index (χ3v) is 4.93. The summed E-state index contributed by atoms with van der Waals surface area (Å²) in [5.41, 5.74) is -0.153. The Hall–Kier alpha value is -1.84. The van der Waals surface area contributed by atoms with Crippen LogP contribution in [-0.4, -0.2) is 14.3 Å². The van der Waals surface area contributed by atoms with Gasteiger partial charge in [-0.3, -0.25) is 4.79 Å². The van der Waals surface area contributed by atoms with Gasteiger partial charge in [-0.1, -0.05) is 6.07 Å². The first-order chi connectivity index (χ1) is 10.3. The summed E-state index contributed by atoms with van der Waals surface area (Å²) in [5, 5.41) is 3.94. The van der Waals surface area contributed by atoms with Crippen molar-refractivity contribution < 1.29 is 22.0 Å². The summed E-state index contributed by atoms with van der Waals surface area (Å²) < 4.78 is 54.0. The Morgan fingerprint density at radius 3 is 2.41 bits per heavy atom. The summed E-state index contributed by atoms with van der Waals surface area (Å²) >= 11 is 1.31. The van der Waals surface area contributed by atoms with Crippen LogP contribution in [0.1, 0.15) is 11.8 Å². The SMILES string of the molecule is CC(=O)Nc1cc(F)c(S(=O)(=O)NCc2cccs2)c(F)c1. The zero-order valence-corrected chi connectivity index (χ0v) is 13.0. The van der Waals surface area contributed by atoms with Gasteiger partial charge in [-0.25, -0.2) is 21.9 Å². The molecule has 0 aliphatic heterocycles. The molecule has 118 valence electrons. The zero-order chi connectivity index (χ0) is 16.3. The smallest absolute Gasteiger partial charge is 0.246 e. The van der Waals surface area contributed by atoms with Crippen LogP contribution in [0.25, 0.3) is 0 Å². The van der Waals surface area contributed by atoms with Gasteiger partial charge in [-0.05, 0) is 23.6 Å². The van der Waals surface area contributed by atoms with Crippen molar-refractivity contribution in [1.29, 1.82) is 0 Å². The molecule has 0 aliphatic carbocycles. The van der Waals surface area contributed by atoms with E-state index in [1.807, 2.05) is 0 Å². The van der Waals surface area contributed by atoms with Crippen molar-refractivity contribution in [3.05, 3.63) is 46.2 Å². The fraction of sp³-hybridized carbons (Fsp3) is 0.154. The summed E-state index contributed by atoms with van der Waals surface area (Å²) in [6, 6.07) is 4.94. The number of sulfonamides is 1. The average Bonchev–Trinajstić information content (AvgIpc) is 2.87. The van der Waals surface area contributed by atoms with Crippen LogP contribution in [0.5, 0.6) is 0 Å². The molecular formula is C13H12F2N2O3S2. The molecule has 2 N–H and O–H groups in total. The number of carbonyl (C=O) groups excluding carboxylic acids is 1. The number of thiophene rings is 1. The van der Waals surface area contributed by atoms with E-state index in [-0.39, 0.29) is 12.2 Å². The minimum Gasteiger partial charge on any atom is -0.326 e. The van der Waals surface area contributed by atoms with Crippen molar-refractivity contribution in [2.75, 3.05) is 5.32 Å². The Bertz CT molecular complexity index is 767. The number of hydrogen-bond acceptors (Lipinski definition) is 4. The molecule has 0 spiro atoms. The highest BCUT2D eigenvalue weighted by molar-refractivity contribution is 7.89. The summed E-state index contributed by atoms with van der Waals surface area (Å²) in [6.07, 6.45) is 0. The van der Waals surface area contributed by atoms with Gasteiger partial charge in [-0.15, -0.1) is 11.3 Å². The predicted octanol–water partition coefficient (Wildman–Crippen LogP) is 2.46. The lowest BCUT2D eigenvalue weighted by Gasteiger charge is -2.10. The molecule has 0 saturated heterocycles. The molecule has 1 heterocycles. The third kappa shape index (κ3) is 3.87. The maximum Gasteiger partial charge on any atom is 0.246 e. The lowest BCUT2D eigenvalue weighted by molar-refractivity contribution is -0.114. The number of amides is 1. The maximum atomic E-state index is 13.9. The van der Waals surface area contributed by atoms with E-state index in [0.29, 0.717) is 4.88 Å². The van der Waals surface area contributed by atoms with E-state index in [4.69, 9.17) is 0 Å². The average molecular weight is 346 g/mol. The highest BCUT2D eigenvalue weighted by atomic mass is 32.2. The van der Waals surface area contributed by atoms with Gasteiger partial charge in [0, 0.05) is 24.0 Å². The molecule has 0 radical (unpaired) electrons. The van der Waals surface area contributed by atoms with E-state index in [2.05, 4.69) is 10.0 Å². The van der Waals surface area contributed by atoms with Gasteiger partial charge in [0.1, 0.15) is 11.6 Å². The van der Waals surface area contributed by atoms with Crippen LogP contribution in [0.3, 0.4) is 0 Å². The fourth-order valence-corrected chi connectivity index (χ4v) is 3.60. The van der Waals surface area contributed by atoms with E-state index in [9.17, 15) is 22.0 Å². The molecule has 0 bridgehead atoms. The van der Waals surface area contributed by atoms with Crippen molar-refractivity contribution >= 4 is 33.0 Å². The summed E-state index contributed by atoms with van der Waals surface area (Å²) in [7, 11) is -4.35. The number of anilines is 1. The van der Waals surface area contributed by atoms with Gasteiger partial charge in [0.2, 0.25) is 15.9 Å². The lowest BCUT2D eigenvalue weighted by atomic mass is 10.3. The lowest BCUT2D eigenvalue weighted by Crippen LogP contribution is -2.25. The molecule has 1 amide bonds. The van der Waals surface area contributed by atoms with Gasteiger partial charge in [-0.2, -0.15) is 0 Å². The van der Waals surface area contributed by atoms with Gasteiger partial charge < -0.3 is 5.32 Å². The first kappa shape index (κ1) is 16.5. The number of benzene rings is 1. The largest absolute Gasteiger partial charge is 0.326 e. The molecule has 1 aromatic carbocycles. The Labute approximate surface area is 130 Å². The highest BCUT2D eigenvalue weighted by Gasteiger charge is 2.25. The summed E-state index contributed by atoms with van der Waals surface area (Å²) in [4.78, 5) is 10.5. The van der Waals surface area contributed by atoms with E-state index in [1.165, 1.54) is 18.3 Å². The number of hydrogen-bond donors (Lipinski definition) is 2. The fourth-order valence-electron chi connectivity index (χ4n) is 1.74. The van der Waals surface area contributed by atoms with Crippen LogP contribution in [0, 0.1) is 11.6 Å². The first-order valence-corrected chi connectivity index (χ1v) is 8.44. The van der Waals surface area contributed by atoms with E-state index in [0.717, 1.165) is 12.1 Å². The van der Waals surface area contributed by atoms with Crippen LogP contribution in [-0.2, 0) is 21.4 Å². The summed E-state index contributed by atoms with van der Waals surface area (Å²) in [6.45, 7) is 1.11. The van der Waals surface area contributed by atoms with Crippen molar-refractivity contribution in [2.24, 2.45) is 0 Å². The number of carbonyl (C=O) groups is 1. The molecular weight excluding hydrogens is 334 g/mol. The normalized spacial score (nSPS) is 11.4. The molecule has 1 aromatic heterocycles. The minimum absolute atomic E-state index is 0.0632. The molecule has 5 nitrogen and oxygen atoms in total. The number of nitrogens with one attached hydrogen (secondary N) is 2. The molecule has 0 fully saturated rings. The molecule has 0 aliphatic rings.